The number of esters is 1. The van der Waals surface area contributed by atoms with Crippen LogP contribution in [0.2, 0.25) is 0 Å². The molecule has 98 valence electrons. The van der Waals surface area contributed by atoms with Crippen LogP contribution in [0.15, 0.2) is 24.3 Å². The molecule has 0 bridgehead atoms. The van der Waals surface area contributed by atoms with Crippen molar-refractivity contribution in [2.45, 2.75) is 6.92 Å². The van der Waals surface area contributed by atoms with Crippen LogP contribution in [0.25, 0.3) is 0 Å². The number of carbonyl (C=O) groups is 2. The SMILES string of the molecule is COC(=O)c1nsc(NC(=O)c2ccccc2C)n1. The number of methoxy groups -OCH3 is 1. The van der Waals surface area contributed by atoms with Crippen molar-refractivity contribution in [2.24, 2.45) is 0 Å². The van der Waals surface area contributed by atoms with Crippen LogP contribution in [0, 0.1) is 6.92 Å². The van der Waals surface area contributed by atoms with Gasteiger partial charge in [0.25, 0.3) is 11.7 Å². The van der Waals surface area contributed by atoms with Crippen LogP contribution in [-0.2, 0) is 4.74 Å². The van der Waals surface area contributed by atoms with Gasteiger partial charge in [-0.15, -0.1) is 0 Å². The van der Waals surface area contributed by atoms with Crippen LogP contribution in [0.3, 0.4) is 0 Å². The molecule has 0 aliphatic heterocycles. The number of ether oxygens (including phenoxy) is 1. The molecule has 0 radical (unpaired) electrons. The third-order valence-corrected chi connectivity index (χ3v) is 3.03. The van der Waals surface area contributed by atoms with E-state index in [0.29, 0.717) is 5.56 Å². The Bertz CT molecular complexity index is 624. The predicted octanol–water partition coefficient (Wildman–Crippen LogP) is 1.89. The number of aromatic nitrogens is 2. The number of rotatable bonds is 3. The highest BCUT2D eigenvalue weighted by Gasteiger charge is 2.15. The van der Waals surface area contributed by atoms with E-state index in [4.69, 9.17) is 0 Å². The van der Waals surface area contributed by atoms with E-state index in [1.807, 2.05) is 19.1 Å². The molecule has 0 aliphatic rings. The maximum atomic E-state index is 12.0. The molecule has 0 fully saturated rings. The van der Waals surface area contributed by atoms with E-state index < -0.39 is 5.97 Å². The molecule has 0 unspecified atom stereocenters. The fourth-order valence-corrected chi connectivity index (χ4v) is 1.99. The molecule has 7 heteroatoms. The lowest BCUT2D eigenvalue weighted by atomic mass is 10.1. The second-order valence-electron chi connectivity index (χ2n) is 3.68. The minimum Gasteiger partial charge on any atom is -0.463 e. The van der Waals surface area contributed by atoms with Crippen molar-refractivity contribution < 1.29 is 14.3 Å². The Morgan fingerprint density at radius 2 is 2.05 bits per heavy atom. The summed E-state index contributed by atoms with van der Waals surface area (Å²) in [6, 6.07) is 7.19. The smallest absolute Gasteiger partial charge is 0.377 e. The molecule has 0 aliphatic carbocycles. The van der Waals surface area contributed by atoms with Gasteiger partial charge in [-0.2, -0.15) is 9.36 Å². The summed E-state index contributed by atoms with van der Waals surface area (Å²) in [7, 11) is 1.24. The molecule has 1 aromatic heterocycles. The largest absolute Gasteiger partial charge is 0.463 e. The van der Waals surface area contributed by atoms with Crippen LogP contribution in [0.5, 0.6) is 0 Å². The summed E-state index contributed by atoms with van der Waals surface area (Å²) in [5, 5.41) is 2.85. The Morgan fingerprint density at radius 3 is 2.74 bits per heavy atom. The quantitative estimate of drug-likeness (QED) is 0.866. The summed E-state index contributed by atoms with van der Waals surface area (Å²) in [4.78, 5) is 27.1. The van der Waals surface area contributed by atoms with Gasteiger partial charge in [0.05, 0.1) is 7.11 Å². The van der Waals surface area contributed by atoms with E-state index in [0.717, 1.165) is 17.1 Å². The van der Waals surface area contributed by atoms with Gasteiger partial charge >= 0.3 is 5.97 Å². The fourth-order valence-electron chi connectivity index (χ4n) is 1.44. The number of benzene rings is 1. The Labute approximate surface area is 113 Å². The molecule has 1 amide bonds. The number of anilines is 1. The first-order valence-electron chi connectivity index (χ1n) is 5.41. The van der Waals surface area contributed by atoms with E-state index in [2.05, 4.69) is 19.4 Å². The molecular formula is C12H11N3O3S. The first-order valence-corrected chi connectivity index (χ1v) is 6.18. The van der Waals surface area contributed by atoms with Gasteiger partial charge in [0.15, 0.2) is 0 Å². The minimum absolute atomic E-state index is 0.0624. The zero-order valence-electron chi connectivity index (χ0n) is 10.3. The molecule has 0 atom stereocenters. The first kappa shape index (κ1) is 13.2. The van der Waals surface area contributed by atoms with Crippen molar-refractivity contribution in [3.8, 4) is 0 Å². The summed E-state index contributed by atoms with van der Waals surface area (Å²) >= 11 is 0.928. The highest BCUT2D eigenvalue weighted by Crippen LogP contribution is 2.14. The Kier molecular flexibility index (Phi) is 3.86. The van der Waals surface area contributed by atoms with Gasteiger partial charge in [0.2, 0.25) is 5.13 Å². The van der Waals surface area contributed by atoms with Crippen LogP contribution < -0.4 is 5.32 Å². The van der Waals surface area contributed by atoms with Crippen molar-refractivity contribution >= 4 is 28.5 Å². The van der Waals surface area contributed by atoms with Gasteiger partial charge in [-0.3, -0.25) is 10.1 Å². The van der Waals surface area contributed by atoms with Gasteiger partial charge in [-0.1, -0.05) is 18.2 Å². The number of nitrogens with one attached hydrogen (secondary N) is 1. The average molecular weight is 277 g/mol. The van der Waals surface area contributed by atoms with Crippen LogP contribution >= 0.6 is 11.5 Å². The van der Waals surface area contributed by atoms with Crippen LogP contribution in [-0.4, -0.2) is 28.3 Å². The number of carbonyl (C=O) groups excluding carboxylic acids is 2. The molecule has 0 spiro atoms. The monoisotopic (exact) mass is 277 g/mol. The summed E-state index contributed by atoms with van der Waals surface area (Å²) in [5.74, 6) is -0.981. The Morgan fingerprint density at radius 1 is 1.32 bits per heavy atom. The fraction of sp³-hybridized carbons (Fsp3) is 0.167. The third-order valence-electron chi connectivity index (χ3n) is 2.40. The normalized spacial score (nSPS) is 10.0. The van der Waals surface area contributed by atoms with Crippen LogP contribution in [0.4, 0.5) is 5.13 Å². The molecule has 1 heterocycles. The van der Waals surface area contributed by atoms with Crippen LogP contribution in [0.1, 0.15) is 26.5 Å². The van der Waals surface area contributed by atoms with Crippen molar-refractivity contribution in [2.75, 3.05) is 12.4 Å². The highest BCUT2D eigenvalue weighted by atomic mass is 32.1. The van der Waals surface area contributed by atoms with Crippen molar-refractivity contribution in [3.05, 3.63) is 41.2 Å². The Balaban J connectivity index is 2.14. The lowest BCUT2D eigenvalue weighted by molar-refractivity contribution is 0.0588. The van der Waals surface area contributed by atoms with Gasteiger partial charge in [0.1, 0.15) is 0 Å². The van der Waals surface area contributed by atoms with Crippen molar-refractivity contribution in [1.82, 2.24) is 9.36 Å². The number of nitrogens with zero attached hydrogens (tertiary/aromatic N) is 2. The molecule has 2 aromatic rings. The maximum absolute atomic E-state index is 12.0. The lowest BCUT2D eigenvalue weighted by Crippen LogP contribution is -2.13. The predicted molar refractivity (Wildman–Crippen MR) is 70.4 cm³/mol. The zero-order valence-corrected chi connectivity index (χ0v) is 11.2. The summed E-state index contributed by atoms with van der Waals surface area (Å²) < 4.78 is 8.29. The third kappa shape index (κ3) is 2.94. The van der Waals surface area contributed by atoms with Gasteiger partial charge in [-0.05, 0) is 18.6 Å². The second-order valence-corrected chi connectivity index (χ2v) is 4.44. The van der Waals surface area contributed by atoms with Gasteiger partial charge in [-0.25, -0.2) is 4.79 Å². The lowest BCUT2D eigenvalue weighted by Gasteiger charge is -2.03. The maximum Gasteiger partial charge on any atom is 0.377 e. The number of amides is 1. The van der Waals surface area contributed by atoms with Gasteiger partial charge < -0.3 is 4.74 Å². The first-order chi connectivity index (χ1) is 9.11. The van der Waals surface area contributed by atoms with Crippen molar-refractivity contribution in [3.63, 3.8) is 0 Å². The highest BCUT2D eigenvalue weighted by molar-refractivity contribution is 7.10. The minimum atomic E-state index is -0.632. The van der Waals surface area contributed by atoms with E-state index >= 15 is 0 Å². The summed E-state index contributed by atoms with van der Waals surface area (Å²) in [6.45, 7) is 1.84. The van der Waals surface area contributed by atoms with Gasteiger partial charge in [0, 0.05) is 17.1 Å². The van der Waals surface area contributed by atoms with Crippen molar-refractivity contribution in [1.29, 1.82) is 0 Å². The Hall–Kier alpha value is -2.28. The topological polar surface area (TPSA) is 81.2 Å². The standard InChI is InChI=1S/C12H11N3O3S/c1-7-5-3-4-6-8(7)10(16)14-12-13-9(15-19-12)11(17)18-2/h3-6H,1-2H3,(H,13,14,15,16). The summed E-state index contributed by atoms with van der Waals surface area (Å²) in [5.41, 5.74) is 1.41. The molecule has 2 rings (SSSR count). The van der Waals surface area contributed by atoms with E-state index in [1.165, 1.54) is 7.11 Å². The number of hydrogen-bond donors (Lipinski definition) is 1. The molecule has 0 saturated carbocycles. The van der Waals surface area contributed by atoms with E-state index in [-0.39, 0.29) is 16.9 Å². The second kappa shape index (κ2) is 5.57. The molecule has 19 heavy (non-hydrogen) atoms. The summed E-state index contributed by atoms with van der Waals surface area (Å²) in [6.07, 6.45) is 0. The van der Waals surface area contributed by atoms with E-state index in [9.17, 15) is 9.59 Å². The molecule has 1 aromatic carbocycles. The zero-order chi connectivity index (χ0) is 13.8. The molecule has 6 nitrogen and oxygen atoms in total. The molecule has 0 saturated heterocycles. The number of hydrogen-bond acceptors (Lipinski definition) is 6. The average Bonchev–Trinajstić information content (AvgIpc) is 2.86. The molecule has 1 N–H and O–H groups in total. The molecular weight excluding hydrogens is 266 g/mol. The van der Waals surface area contributed by atoms with E-state index in [1.54, 1.807) is 12.1 Å². The number of aryl methyl sites for hydroxylation is 1.